The van der Waals surface area contributed by atoms with E-state index in [1.54, 1.807) is 0 Å². The van der Waals surface area contributed by atoms with Crippen LogP contribution in [0.15, 0.2) is 91.0 Å². The summed E-state index contributed by atoms with van der Waals surface area (Å²) in [5, 5.41) is 0. The Morgan fingerprint density at radius 2 is 0.667 bits per heavy atom. The van der Waals surface area contributed by atoms with E-state index in [9.17, 15) is 13.2 Å². The predicted molar refractivity (Wildman–Crippen MR) is 122 cm³/mol. The summed E-state index contributed by atoms with van der Waals surface area (Å²) in [5.74, 6) is -9.25. The van der Waals surface area contributed by atoms with Gasteiger partial charge in [0.05, 0.1) is 0 Å². The van der Waals surface area contributed by atoms with Crippen molar-refractivity contribution < 1.29 is 22.0 Å². The van der Waals surface area contributed by atoms with Crippen LogP contribution in [-0.2, 0) is 13.3 Å². The van der Waals surface area contributed by atoms with Crippen molar-refractivity contribution in [1.82, 2.24) is 0 Å². The summed E-state index contributed by atoms with van der Waals surface area (Å²) >= 11 is -4.50. The number of rotatable bonds is 7. The van der Waals surface area contributed by atoms with Crippen LogP contribution in [0.2, 0.25) is 0 Å². The van der Waals surface area contributed by atoms with Gasteiger partial charge in [-0.25, -0.2) is 0 Å². The van der Waals surface area contributed by atoms with Gasteiger partial charge in [-0.2, -0.15) is 0 Å². The molecule has 0 heterocycles. The Morgan fingerprint density at radius 3 is 0.970 bits per heavy atom. The Balaban J connectivity index is 2.00. The molecule has 6 heteroatoms. The average molecular weight is 559 g/mol. The zero-order valence-electron chi connectivity index (χ0n) is 17.7. The molecular formula is C27H21F5Sn. The van der Waals surface area contributed by atoms with E-state index in [0.29, 0.717) is 0 Å². The standard InChI is InChI=1S/3C7H7.C6F5.Sn/c3*1-7-5-3-2-4-6-7;7-2-1-3(8)5(10)6(11)4(2)9;/h3*2-6H,1H2;;. The van der Waals surface area contributed by atoms with E-state index in [4.69, 9.17) is 0 Å². The molecule has 0 atom stereocenters. The Bertz CT molecular complexity index is 1100. The zero-order chi connectivity index (χ0) is 23.4. The van der Waals surface area contributed by atoms with E-state index in [2.05, 4.69) is 0 Å². The zero-order valence-corrected chi connectivity index (χ0v) is 20.5. The van der Waals surface area contributed by atoms with Gasteiger partial charge < -0.3 is 0 Å². The van der Waals surface area contributed by atoms with Crippen molar-refractivity contribution in [1.29, 1.82) is 0 Å². The molecule has 0 amide bonds. The minimum atomic E-state index is -4.50. The predicted octanol–water partition coefficient (Wildman–Crippen LogP) is 6.38. The van der Waals surface area contributed by atoms with E-state index in [0.717, 1.165) is 16.7 Å². The number of hydrogen-bond donors (Lipinski definition) is 0. The quantitative estimate of drug-likeness (QED) is 0.107. The van der Waals surface area contributed by atoms with Gasteiger partial charge in [0.1, 0.15) is 0 Å². The van der Waals surface area contributed by atoms with Crippen molar-refractivity contribution in [3.8, 4) is 0 Å². The molecule has 4 aromatic rings. The second-order valence-corrected chi connectivity index (χ2v) is 20.0. The van der Waals surface area contributed by atoms with Crippen molar-refractivity contribution >= 4 is 22.0 Å². The number of halogens is 5. The van der Waals surface area contributed by atoms with Crippen LogP contribution in [0, 0.1) is 29.1 Å². The molecule has 0 aliphatic rings. The molecule has 33 heavy (non-hydrogen) atoms. The van der Waals surface area contributed by atoms with Crippen molar-refractivity contribution in [2.75, 3.05) is 0 Å². The fourth-order valence-electron chi connectivity index (χ4n) is 4.48. The van der Waals surface area contributed by atoms with Crippen LogP contribution in [0.4, 0.5) is 22.0 Å². The maximum atomic E-state index is 15.3. The molecule has 0 saturated carbocycles. The third-order valence-corrected chi connectivity index (χ3v) is 19.5. The van der Waals surface area contributed by atoms with Crippen LogP contribution in [-0.4, -0.2) is 18.4 Å². The summed E-state index contributed by atoms with van der Waals surface area (Å²) in [4.78, 5) is 0. The molecule has 0 aromatic heterocycles. The van der Waals surface area contributed by atoms with Gasteiger partial charge in [0.15, 0.2) is 0 Å². The fourth-order valence-corrected chi connectivity index (χ4v) is 19.1. The van der Waals surface area contributed by atoms with Crippen molar-refractivity contribution in [2.45, 2.75) is 13.3 Å². The van der Waals surface area contributed by atoms with Gasteiger partial charge in [0.25, 0.3) is 0 Å². The van der Waals surface area contributed by atoms with Gasteiger partial charge in [0.2, 0.25) is 0 Å². The van der Waals surface area contributed by atoms with Gasteiger partial charge in [0, 0.05) is 0 Å². The van der Waals surface area contributed by atoms with Crippen molar-refractivity contribution in [3.05, 3.63) is 137 Å². The first-order valence-electron chi connectivity index (χ1n) is 10.5. The molecule has 0 N–H and O–H groups in total. The Labute approximate surface area is 193 Å². The van der Waals surface area contributed by atoms with Crippen LogP contribution >= 0.6 is 0 Å². The molecule has 4 aromatic carbocycles. The molecule has 168 valence electrons. The van der Waals surface area contributed by atoms with Gasteiger partial charge >= 0.3 is 194 Å². The summed E-state index contributed by atoms with van der Waals surface area (Å²) in [6.45, 7) is 0. The fraction of sp³-hybridized carbons (Fsp3) is 0.111. The van der Waals surface area contributed by atoms with Gasteiger partial charge in [-0.1, -0.05) is 0 Å². The van der Waals surface area contributed by atoms with Crippen LogP contribution in [0.1, 0.15) is 16.7 Å². The summed E-state index contributed by atoms with van der Waals surface area (Å²) in [7, 11) is 0. The van der Waals surface area contributed by atoms with Gasteiger partial charge in [-0.3, -0.25) is 0 Å². The Hall–Kier alpha value is -2.67. The molecule has 0 nitrogen and oxygen atoms in total. The monoisotopic (exact) mass is 560 g/mol. The molecule has 0 aliphatic heterocycles. The number of hydrogen-bond acceptors (Lipinski definition) is 0. The molecule has 0 unspecified atom stereocenters. The molecule has 0 saturated heterocycles. The Kier molecular flexibility index (Phi) is 7.17. The first-order valence-corrected chi connectivity index (χ1v) is 18.0. The molecular weight excluding hydrogens is 538 g/mol. The van der Waals surface area contributed by atoms with Crippen LogP contribution in [0.3, 0.4) is 0 Å². The average Bonchev–Trinajstić information content (AvgIpc) is 2.83. The first kappa shape index (κ1) is 23.5. The normalized spacial score (nSPS) is 11.5. The number of benzene rings is 4. The maximum absolute atomic E-state index is 15.3. The minimum absolute atomic E-state index is 0.289. The summed E-state index contributed by atoms with van der Waals surface area (Å²) < 4.78 is 73.8. The molecule has 0 fully saturated rings. The second kappa shape index (κ2) is 10.1. The van der Waals surface area contributed by atoms with Crippen LogP contribution in [0.25, 0.3) is 0 Å². The topological polar surface area (TPSA) is 0 Å². The van der Waals surface area contributed by atoms with Crippen molar-refractivity contribution in [2.24, 2.45) is 0 Å². The van der Waals surface area contributed by atoms with Gasteiger partial charge in [-0.15, -0.1) is 0 Å². The van der Waals surface area contributed by atoms with Crippen molar-refractivity contribution in [3.63, 3.8) is 0 Å². The SMILES string of the molecule is Fc1c(F)c(F)[c]([Sn]([CH2]c2ccccc2)([CH2]c2ccccc2)[CH2]c2ccccc2)c(F)c1F. The van der Waals surface area contributed by atoms with Crippen LogP contribution in [0.5, 0.6) is 0 Å². The van der Waals surface area contributed by atoms with Gasteiger partial charge in [-0.05, 0) is 0 Å². The third kappa shape index (κ3) is 4.98. The third-order valence-electron chi connectivity index (χ3n) is 5.90. The van der Waals surface area contributed by atoms with E-state index < -0.39 is 51.0 Å². The molecule has 0 radical (unpaired) electrons. The Morgan fingerprint density at radius 1 is 0.394 bits per heavy atom. The summed E-state index contributed by atoms with van der Waals surface area (Å²) in [6, 6.07) is 27.4. The second-order valence-electron chi connectivity index (χ2n) is 8.21. The molecule has 0 bridgehead atoms. The van der Waals surface area contributed by atoms with E-state index in [1.165, 1.54) is 0 Å². The van der Waals surface area contributed by atoms with E-state index in [1.807, 2.05) is 91.0 Å². The first-order chi connectivity index (χ1) is 15.9. The van der Waals surface area contributed by atoms with Crippen LogP contribution < -0.4 is 3.58 Å². The molecule has 0 spiro atoms. The molecule has 0 aliphatic carbocycles. The summed E-state index contributed by atoms with van der Waals surface area (Å²) in [6.07, 6.45) is 0. The van der Waals surface area contributed by atoms with E-state index in [-0.39, 0.29) is 13.3 Å². The molecule has 4 rings (SSSR count). The van der Waals surface area contributed by atoms with E-state index >= 15 is 8.78 Å². The summed E-state index contributed by atoms with van der Waals surface area (Å²) in [5.41, 5.74) is 2.47.